The molecule has 1 atom stereocenters. The molecule has 0 radical (unpaired) electrons. The molecule has 2 fully saturated rings. The van der Waals surface area contributed by atoms with E-state index >= 15 is 0 Å². The summed E-state index contributed by atoms with van der Waals surface area (Å²) in [4.78, 5) is 28.6. The number of carbonyl (C=O) groups is 2. The van der Waals surface area contributed by atoms with E-state index in [1.807, 2.05) is 31.6 Å². The highest BCUT2D eigenvalue weighted by Gasteiger charge is 2.30. The molecule has 10 heteroatoms. The van der Waals surface area contributed by atoms with Crippen molar-refractivity contribution in [1.29, 1.82) is 0 Å². The van der Waals surface area contributed by atoms with E-state index in [9.17, 15) is 14.7 Å². The zero-order chi connectivity index (χ0) is 27.0. The van der Waals surface area contributed by atoms with Crippen molar-refractivity contribution in [1.82, 2.24) is 20.1 Å². The number of hydrogen-bond acceptors (Lipinski definition) is 7. The number of benzene rings is 1. The van der Waals surface area contributed by atoms with Gasteiger partial charge in [0, 0.05) is 35.3 Å². The summed E-state index contributed by atoms with van der Waals surface area (Å²) in [5.74, 6) is 0.176. The molecule has 2 amide bonds. The van der Waals surface area contributed by atoms with Crippen LogP contribution in [0.4, 0.5) is 0 Å². The first-order valence-corrected chi connectivity index (χ1v) is 13.2. The van der Waals surface area contributed by atoms with Crippen LogP contribution in [0.2, 0.25) is 0 Å². The Hall–Kier alpha value is -3.66. The Balaban J connectivity index is 1.54. The third kappa shape index (κ3) is 5.45. The fourth-order valence-electron chi connectivity index (χ4n) is 5.28. The number of amides is 2. The Bertz CT molecular complexity index is 1360. The number of hydrogen-bond donors (Lipinski definition) is 3. The standard InChI is InChI=1S/C28H35N5O5/c1-16(2)38-24-11-21-20(10-22(24)26(29)35)23(13-30-27(21)37-15-18-4-5-25(34)32-18)17-12-31-33(14-17)19-6-8-28(3,36)9-7-19/h10-14,16,18-19,36H,4-9,15H2,1-3H3,(H2,29,35)(H,32,34)/t18-,19?,28?/m0/s1. The number of nitrogens with two attached hydrogens (primary N) is 1. The highest BCUT2D eigenvalue weighted by atomic mass is 16.5. The van der Waals surface area contributed by atoms with E-state index < -0.39 is 11.5 Å². The number of fused-ring (bicyclic) bond motifs is 1. The van der Waals surface area contributed by atoms with Gasteiger partial charge < -0.3 is 25.6 Å². The van der Waals surface area contributed by atoms with Gasteiger partial charge in [0.15, 0.2) is 0 Å². The van der Waals surface area contributed by atoms with Gasteiger partial charge in [0.05, 0.1) is 35.5 Å². The summed E-state index contributed by atoms with van der Waals surface area (Å²) in [6.07, 6.45) is 9.66. The van der Waals surface area contributed by atoms with Gasteiger partial charge in [-0.3, -0.25) is 14.3 Å². The lowest BCUT2D eigenvalue weighted by Gasteiger charge is -2.33. The van der Waals surface area contributed by atoms with Crippen molar-refractivity contribution < 1.29 is 24.2 Å². The number of pyridine rings is 1. The minimum atomic E-state index is -0.620. The normalized spacial score (nSPS) is 23.6. The van der Waals surface area contributed by atoms with Gasteiger partial charge in [0.25, 0.3) is 5.91 Å². The van der Waals surface area contributed by atoms with Gasteiger partial charge in [-0.05, 0) is 70.4 Å². The number of carbonyl (C=O) groups excluding carboxylic acids is 2. The minimum absolute atomic E-state index is 0.0177. The highest BCUT2D eigenvalue weighted by molar-refractivity contribution is 6.06. The average molecular weight is 522 g/mol. The zero-order valence-corrected chi connectivity index (χ0v) is 22.1. The monoisotopic (exact) mass is 521 g/mol. The van der Waals surface area contributed by atoms with E-state index in [-0.39, 0.29) is 36.3 Å². The first kappa shape index (κ1) is 26.0. The molecule has 1 saturated heterocycles. The third-order valence-corrected chi connectivity index (χ3v) is 7.40. The molecule has 5 rings (SSSR count). The zero-order valence-electron chi connectivity index (χ0n) is 22.1. The summed E-state index contributed by atoms with van der Waals surface area (Å²) in [6, 6.07) is 3.61. The van der Waals surface area contributed by atoms with Gasteiger partial charge in [0.1, 0.15) is 12.4 Å². The van der Waals surface area contributed by atoms with Crippen LogP contribution in [0, 0.1) is 0 Å². The van der Waals surface area contributed by atoms with Gasteiger partial charge in [-0.1, -0.05) is 0 Å². The van der Waals surface area contributed by atoms with Crippen molar-refractivity contribution in [3.63, 3.8) is 0 Å². The molecule has 1 aliphatic carbocycles. The lowest BCUT2D eigenvalue weighted by molar-refractivity contribution is -0.119. The lowest BCUT2D eigenvalue weighted by atomic mass is 9.84. The van der Waals surface area contributed by atoms with E-state index in [4.69, 9.17) is 15.2 Å². The molecule has 4 N–H and O–H groups in total. The molecule has 2 aromatic heterocycles. The van der Waals surface area contributed by atoms with E-state index in [1.165, 1.54) is 0 Å². The van der Waals surface area contributed by atoms with Gasteiger partial charge in [0.2, 0.25) is 11.8 Å². The summed E-state index contributed by atoms with van der Waals surface area (Å²) >= 11 is 0. The Morgan fingerprint density at radius 1 is 1.24 bits per heavy atom. The highest BCUT2D eigenvalue weighted by Crippen LogP contribution is 2.39. The SMILES string of the molecule is CC(C)Oc1cc2c(OC[C@@H]3CCC(=O)N3)ncc(-c3cnn(C4CCC(C)(O)CC4)c3)c2cc1C(N)=O. The number of rotatable bonds is 8. The molecule has 1 aromatic carbocycles. The van der Waals surface area contributed by atoms with Crippen LogP contribution < -0.4 is 20.5 Å². The average Bonchev–Trinajstić information content (AvgIpc) is 3.51. The largest absolute Gasteiger partial charge is 0.490 e. The molecule has 1 aliphatic heterocycles. The summed E-state index contributed by atoms with van der Waals surface area (Å²) < 4.78 is 14.0. The fraction of sp³-hybridized carbons (Fsp3) is 0.500. The molecule has 202 valence electrons. The number of ether oxygens (including phenoxy) is 2. The Morgan fingerprint density at radius 3 is 2.66 bits per heavy atom. The van der Waals surface area contributed by atoms with E-state index in [0.717, 1.165) is 42.2 Å². The first-order valence-electron chi connectivity index (χ1n) is 13.2. The second-order valence-corrected chi connectivity index (χ2v) is 11.0. The van der Waals surface area contributed by atoms with Crippen LogP contribution >= 0.6 is 0 Å². The predicted octanol–water partition coefficient (Wildman–Crippen LogP) is 3.51. The molecular formula is C28H35N5O5. The van der Waals surface area contributed by atoms with Crippen LogP contribution in [0.1, 0.15) is 75.7 Å². The molecular weight excluding hydrogens is 486 g/mol. The molecule has 3 aromatic rings. The first-order chi connectivity index (χ1) is 18.1. The number of aliphatic hydroxyl groups is 1. The van der Waals surface area contributed by atoms with E-state index in [2.05, 4.69) is 15.4 Å². The topological polar surface area (TPSA) is 142 Å². The van der Waals surface area contributed by atoms with Gasteiger partial charge >= 0.3 is 0 Å². The number of aromatic nitrogens is 3. The van der Waals surface area contributed by atoms with Crippen molar-refractivity contribution in [3.8, 4) is 22.8 Å². The van der Waals surface area contributed by atoms with Crippen molar-refractivity contribution >= 4 is 22.6 Å². The summed E-state index contributed by atoms with van der Waals surface area (Å²) in [7, 11) is 0. The molecule has 0 spiro atoms. The van der Waals surface area contributed by atoms with Crippen molar-refractivity contribution in [2.24, 2.45) is 5.73 Å². The number of nitrogens with one attached hydrogen (secondary N) is 1. The van der Waals surface area contributed by atoms with Crippen molar-refractivity contribution in [3.05, 3.63) is 36.3 Å². The van der Waals surface area contributed by atoms with Crippen molar-refractivity contribution in [2.45, 2.75) is 83.1 Å². The predicted molar refractivity (Wildman–Crippen MR) is 142 cm³/mol. The van der Waals surface area contributed by atoms with Gasteiger partial charge in [-0.2, -0.15) is 5.10 Å². The maximum absolute atomic E-state index is 12.4. The van der Waals surface area contributed by atoms with Crippen molar-refractivity contribution in [2.75, 3.05) is 6.61 Å². The molecule has 3 heterocycles. The summed E-state index contributed by atoms with van der Waals surface area (Å²) in [5.41, 5.74) is 7.03. The maximum Gasteiger partial charge on any atom is 0.252 e. The van der Waals surface area contributed by atoms with Crippen LogP contribution in [0.5, 0.6) is 11.6 Å². The maximum atomic E-state index is 12.4. The molecule has 38 heavy (non-hydrogen) atoms. The van der Waals surface area contributed by atoms with Gasteiger partial charge in [-0.15, -0.1) is 0 Å². The van der Waals surface area contributed by atoms with Crippen LogP contribution in [0.15, 0.2) is 30.7 Å². The quantitative estimate of drug-likeness (QED) is 0.412. The fourth-order valence-corrected chi connectivity index (χ4v) is 5.28. The summed E-state index contributed by atoms with van der Waals surface area (Å²) in [5, 5.41) is 19.3. The molecule has 0 bridgehead atoms. The second kappa shape index (κ2) is 10.2. The number of primary amides is 1. The Kier molecular flexibility index (Phi) is 7.00. The van der Waals surface area contributed by atoms with Crippen LogP contribution in [-0.2, 0) is 4.79 Å². The Labute approximate surface area is 221 Å². The lowest BCUT2D eigenvalue weighted by Crippen LogP contribution is -2.31. The number of nitrogens with zero attached hydrogens (tertiary/aromatic N) is 3. The van der Waals surface area contributed by atoms with Crippen LogP contribution in [-0.4, -0.2) is 56.0 Å². The molecule has 1 saturated carbocycles. The van der Waals surface area contributed by atoms with E-state index in [1.54, 1.807) is 24.5 Å². The van der Waals surface area contributed by atoms with E-state index in [0.29, 0.717) is 29.9 Å². The smallest absolute Gasteiger partial charge is 0.252 e. The molecule has 0 unspecified atom stereocenters. The third-order valence-electron chi connectivity index (χ3n) is 7.40. The van der Waals surface area contributed by atoms with Gasteiger partial charge in [-0.25, -0.2) is 4.98 Å². The molecule has 2 aliphatic rings. The minimum Gasteiger partial charge on any atom is -0.490 e. The summed E-state index contributed by atoms with van der Waals surface area (Å²) in [6.45, 7) is 5.92. The van der Waals surface area contributed by atoms with Crippen LogP contribution in [0.25, 0.3) is 21.9 Å². The second-order valence-electron chi connectivity index (χ2n) is 11.0. The Morgan fingerprint density at radius 2 is 2.00 bits per heavy atom. The van der Waals surface area contributed by atoms with Crippen LogP contribution in [0.3, 0.4) is 0 Å². The molecule has 10 nitrogen and oxygen atoms in total.